The monoisotopic (exact) mass is 495 g/mol. The van der Waals surface area contributed by atoms with Crippen LogP contribution in [0.1, 0.15) is 76.2 Å². The van der Waals surface area contributed by atoms with Crippen molar-refractivity contribution >= 4 is 30.3 Å². The summed E-state index contributed by atoms with van der Waals surface area (Å²) in [6, 6.07) is 25.4. The molecule has 2 fully saturated rings. The van der Waals surface area contributed by atoms with Crippen molar-refractivity contribution in [1.29, 1.82) is 0 Å². The second-order valence-electron chi connectivity index (χ2n) is 11.6. The minimum atomic E-state index is -0.224. The molecule has 2 saturated carbocycles. The fourth-order valence-corrected chi connectivity index (χ4v) is 12.7. The Hall–Kier alpha value is -1.95. The van der Waals surface area contributed by atoms with Gasteiger partial charge in [-0.2, -0.15) is 0 Å². The molecule has 0 spiro atoms. The van der Waals surface area contributed by atoms with Crippen LogP contribution in [-0.2, 0) is 0 Å². The van der Waals surface area contributed by atoms with Gasteiger partial charge in [0.25, 0.3) is 0 Å². The van der Waals surface area contributed by atoms with E-state index in [1.54, 1.807) is 5.57 Å². The van der Waals surface area contributed by atoms with Crippen LogP contribution >= 0.6 is 7.92 Å². The quantitative estimate of drug-likeness (QED) is 0.329. The van der Waals surface area contributed by atoms with Crippen LogP contribution in [0.15, 0.2) is 66.7 Å². The molecule has 1 atom stereocenters. The molecule has 2 heteroatoms. The van der Waals surface area contributed by atoms with E-state index in [0.717, 1.165) is 17.7 Å². The first-order valence-corrected chi connectivity index (χ1v) is 15.9. The lowest BCUT2D eigenvalue weighted by Gasteiger charge is -2.55. The Morgan fingerprint density at radius 2 is 1.31 bits per heavy atom. The Balaban J connectivity index is 1.67. The van der Waals surface area contributed by atoms with Gasteiger partial charge >= 0.3 is 0 Å². The van der Waals surface area contributed by atoms with E-state index in [0.29, 0.717) is 0 Å². The molecular formula is C34H42NP. The van der Waals surface area contributed by atoms with E-state index in [1.165, 1.54) is 91.0 Å². The Morgan fingerprint density at radius 1 is 0.694 bits per heavy atom. The van der Waals surface area contributed by atoms with E-state index in [2.05, 4.69) is 91.8 Å². The molecule has 0 aliphatic heterocycles. The van der Waals surface area contributed by atoms with Crippen LogP contribution in [0.5, 0.6) is 0 Å². The molecule has 6 rings (SSSR count). The molecule has 3 aliphatic rings. The summed E-state index contributed by atoms with van der Waals surface area (Å²) in [6.45, 7) is 0. The highest BCUT2D eigenvalue weighted by Crippen LogP contribution is 2.69. The number of benzene rings is 3. The minimum absolute atomic E-state index is 0.0812. The maximum absolute atomic E-state index is 2.70. The maximum atomic E-state index is 2.70. The third-order valence-corrected chi connectivity index (χ3v) is 13.7. The summed E-state index contributed by atoms with van der Waals surface area (Å²) in [5.74, 6) is 0. The van der Waals surface area contributed by atoms with E-state index in [9.17, 15) is 0 Å². The van der Waals surface area contributed by atoms with Crippen LogP contribution in [-0.4, -0.2) is 35.6 Å². The zero-order valence-electron chi connectivity index (χ0n) is 22.3. The molecule has 0 heterocycles. The SMILES string of the molecule is CN(C)C1(P(C2CCCCC2)C2CCCCC2)CC=c2ccccc2=C1c1cccc2ccccc12. The first kappa shape index (κ1) is 24.4. The summed E-state index contributed by atoms with van der Waals surface area (Å²) in [4.78, 5) is 2.70. The highest BCUT2D eigenvalue weighted by atomic mass is 31.1. The van der Waals surface area contributed by atoms with Crippen molar-refractivity contribution in [1.82, 2.24) is 4.90 Å². The minimum Gasteiger partial charge on any atom is -0.296 e. The number of likely N-dealkylation sites (N-methyl/N-ethyl adjacent to an activating group) is 1. The van der Waals surface area contributed by atoms with Crippen LogP contribution in [0.3, 0.4) is 0 Å². The lowest BCUT2D eigenvalue weighted by molar-refractivity contribution is 0.307. The lowest BCUT2D eigenvalue weighted by Crippen LogP contribution is -2.53. The molecule has 3 aromatic rings. The molecule has 0 N–H and O–H groups in total. The van der Waals surface area contributed by atoms with Gasteiger partial charge in [-0.05, 0) is 89.9 Å². The van der Waals surface area contributed by atoms with E-state index in [1.807, 2.05) is 0 Å². The molecule has 188 valence electrons. The van der Waals surface area contributed by atoms with Crippen molar-refractivity contribution in [2.75, 3.05) is 14.1 Å². The first-order valence-electron chi connectivity index (χ1n) is 14.4. The van der Waals surface area contributed by atoms with Crippen LogP contribution < -0.4 is 10.4 Å². The van der Waals surface area contributed by atoms with Gasteiger partial charge in [-0.25, -0.2) is 0 Å². The van der Waals surface area contributed by atoms with Crippen molar-refractivity contribution in [3.05, 3.63) is 82.7 Å². The Bertz CT molecular complexity index is 1310. The molecule has 0 aromatic heterocycles. The average Bonchev–Trinajstić information content (AvgIpc) is 2.94. The number of rotatable bonds is 5. The van der Waals surface area contributed by atoms with Crippen molar-refractivity contribution in [3.8, 4) is 0 Å². The molecule has 1 nitrogen and oxygen atoms in total. The summed E-state index contributed by atoms with van der Waals surface area (Å²) in [5.41, 5.74) is 4.89. The largest absolute Gasteiger partial charge is 0.296 e. The van der Waals surface area contributed by atoms with Gasteiger partial charge in [0.15, 0.2) is 0 Å². The van der Waals surface area contributed by atoms with Crippen molar-refractivity contribution in [2.24, 2.45) is 0 Å². The predicted octanol–water partition coefficient (Wildman–Crippen LogP) is 7.63. The zero-order valence-corrected chi connectivity index (χ0v) is 23.1. The topological polar surface area (TPSA) is 3.24 Å². The molecule has 3 aliphatic carbocycles. The van der Waals surface area contributed by atoms with Gasteiger partial charge in [0.05, 0.1) is 5.28 Å². The van der Waals surface area contributed by atoms with E-state index in [4.69, 9.17) is 0 Å². The fraction of sp³-hybridized carbons (Fsp3) is 0.471. The molecule has 0 saturated heterocycles. The highest BCUT2D eigenvalue weighted by Gasteiger charge is 2.51. The average molecular weight is 496 g/mol. The van der Waals surface area contributed by atoms with Gasteiger partial charge < -0.3 is 0 Å². The Labute approximate surface area is 219 Å². The Morgan fingerprint density at radius 3 is 2.00 bits per heavy atom. The van der Waals surface area contributed by atoms with Crippen molar-refractivity contribution < 1.29 is 0 Å². The third-order valence-electron chi connectivity index (χ3n) is 9.40. The predicted molar refractivity (Wildman–Crippen MR) is 158 cm³/mol. The molecule has 0 radical (unpaired) electrons. The molecular weight excluding hydrogens is 453 g/mol. The molecule has 0 bridgehead atoms. The van der Waals surface area contributed by atoms with Gasteiger partial charge in [0, 0.05) is 0 Å². The zero-order chi connectivity index (χ0) is 24.5. The molecule has 0 amide bonds. The highest BCUT2D eigenvalue weighted by molar-refractivity contribution is 7.61. The van der Waals surface area contributed by atoms with Crippen LogP contribution in [0, 0.1) is 0 Å². The summed E-state index contributed by atoms with van der Waals surface area (Å²) in [5, 5.41) is 5.77. The van der Waals surface area contributed by atoms with Gasteiger partial charge in [-0.15, -0.1) is 0 Å². The van der Waals surface area contributed by atoms with E-state index < -0.39 is 0 Å². The van der Waals surface area contributed by atoms with Gasteiger partial charge in [0.1, 0.15) is 0 Å². The van der Waals surface area contributed by atoms with Crippen molar-refractivity contribution in [3.63, 3.8) is 0 Å². The van der Waals surface area contributed by atoms with Gasteiger partial charge in [-0.3, -0.25) is 4.90 Å². The lowest BCUT2D eigenvalue weighted by atomic mass is 9.85. The van der Waals surface area contributed by atoms with Gasteiger partial charge in [-0.1, -0.05) is 119 Å². The molecule has 36 heavy (non-hydrogen) atoms. The second-order valence-corrected chi connectivity index (χ2v) is 14.6. The second kappa shape index (κ2) is 10.4. The summed E-state index contributed by atoms with van der Waals surface area (Å²) >= 11 is 0. The van der Waals surface area contributed by atoms with Crippen molar-refractivity contribution in [2.45, 2.75) is 87.2 Å². The van der Waals surface area contributed by atoms with E-state index >= 15 is 0 Å². The summed E-state index contributed by atoms with van der Waals surface area (Å²) in [6.07, 6.45) is 18.1. The Kier molecular flexibility index (Phi) is 7.07. The third kappa shape index (κ3) is 4.17. The standard InChI is InChI=1S/C34H42NP/c1-35(2)34(36(28-17-5-3-6-18-28)29-19-7-4-8-20-29)25-24-27-15-10-12-22-31(27)33(34)32-23-13-16-26-14-9-11-21-30(26)32/h9-16,21-24,28-29H,3-8,17-20,25H2,1-2H3. The van der Waals surface area contributed by atoms with Gasteiger partial charge in [0.2, 0.25) is 0 Å². The van der Waals surface area contributed by atoms with Crippen LogP contribution in [0.4, 0.5) is 0 Å². The smallest absolute Gasteiger partial charge is 0.0705 e. The normalized spacial score (nSPS) is 23.7. The molecule has 3 aromatic carbocycles. The first-order chi connectivity index (χ1) is 17.7. The van der Waals surface area contributed by atoms with Crippen LogP contribution in [0.2, 0.25) is 0 Å². The maximum Gasteiger partial charge on any atom is 0.0705 e. The number of fused-ring (bicyclic) bond motifs is 2. The number of hydrogen-bond acceptors (Lipinski definition) is 1. The number of hydrogen-bond donors (Lipinski definition) is 0. The number of nitrogens with zero attached hydrogens (tertiary/aromatic N) is 1. The summed E-state index contributed by atoms with van der Waals surface area (Å²) < 4.78 is 0. The molecule has 1 unspecified atom stereocenters. The summed E-state index contributed by atoms with van der Waals surface area (Å²) in [7, 11) is 4.60. The van der Waals surface area contributed by atoms with Crippen LogP contribution in [0.25, 0.3) is 22.4 Å². The van der Waals surface area contributed by atoms with E-state index in [-0.39, 0.29) is 13.2 Å². The fourth-order valence-electron chi connectivity index (χ4n) is 7.77.